The van der Waals surface area contributed by atoms with Gasteiger partial charge in [-0.3, -0.25) is 9.63 Å². The molecule has 0 radical (unpaired) electrons. The summed E-state index contributed by atoms with van der Waals surface area (Å²) >= 11 is 0. The molecule has 0 atom stereocenters. The third-order valence-electron chi connectivity index (χ3n) is 4.21. The van der Waals surface area contributed by atoms with Crippen molar-refractivity contribution in [3.8, 4) is 0 Å². The summed E-state index contributed by atoms with van der Waals surface area (Å²) in [5.74, 6) is 1.21. The maximum atomic E-state index is 12.2. The van der Waals surface area contributed by atoms with Crippen LogP contribution in [-0.2, 0) is 4.84 Å². The van der Waals surface area contributed by atoms with Crippen LogP contribution in [0.1, 0.15) is 36.0 Å². The van der Waals surface area contributed by atoms with E-state index in [-0.39, 0.29) is 5.91 Å². The number of hydrogen-bond acceptors (Lipinski definition) is 5. The number of hydrogen-bond donors (Lipinski definition) is 1. The molecule has 2 aromatic rings. The Labute approximate surface area is 128 Å². The van der Waals surface area contributed by atoms with Crippen LogP contribution in [0.15, 0.2) is 18.5 Å². The van der Waals surface area contributed by atoms with E-state index >= 15 is 0 Å². The molecule has 1 saturated heterocycles. The summed E-state index contributed by atoms with van der Waals surface area (Å²) in [6, 6.07) is 1.94. The minimum Gasteiger partial charge on any atom is -0.357 e. The largest absolute Gasteiger partial charge is 0.357 e. The van der Waals surface area contributed by atoms with E-state index in [1.165, 1.54) is 31.9 Å². The van der Waals surface area contributed by atoms with Gasteiger partial charge in [-0.2, -0.15) is 5.10 Å². The molecular weight excluding hydrogens is 282 g/mol. The summed E-state index contributed by atoms with van der Waals surface area (Å²) < 4.78 is 1.62. The van der Waals surface area contributed by atoms with E-state index in [4.69, 9.17) is 4.84 Å². The van der Waals surface area contributed by atoms with Crippen molar-refractivity contribution in [2.45, 2.75) is 25.7 Å². The lowest BCUT2D eigenvalue weighted by atomic mass is 10.3. The van der Waals surface area contributed by atoms with Gasteiger partial charge in [0.15, 0.2) is 5.65 Å². The van der Waals surface area contributed by atoms with E-state index in [1.807, 2.05) is 12.3 Å². The van der Waals surface area contributed by atoms with Gasteiger partial charge in [0, 0.05) is 19.3 Å². The molecule has 0 spiro atoms. The predicted octanol–water partition coefficient (Wildman–Crippen LogP) is 1.40. The average Bonchev–Trinajstić information content (AvgIpc) is 3.04. The summed E-state index contributed by atoms with van der Waals surface area (Å²) in [6.07, 6.45) is 8.13. The van der Waals surface area contributed by atoms with Gasteiger partial charge < -0.3 is 4.90 Å². The van der Waals surface area contributed by atoms with Crippen LogP contribution < -0.4 is 10.4 Å². The molecule has 2 aliphatic rings. The summed E-state index contributed by atoms with van der Waals surface area (Å²) in [4.78, 5) is 24.3. The normalized spacial score (nSPS) is 18.1. The Bertz CT molecular complexity index is 688. The van der Waals surface area contributed by atoms with Crippen molar-refractivity contribution >= 4 is 17.4 Å². The predicted molar refractivity (Wildman–Crippen MR) is 80.6 cm³/mol. The van der Waals surface area contributed by atoms with E-state index in [1.54, 1.807) is 4.52 Å². The fraction of sp³-hybridized carbons (Fsp3) is 0.533. The Kier molecular flexibility index (Phi) is 3.42. The molecule has 0 bridgehead atoms. The van der Waals surface area contributed by atoms with Crippen LogP contribution in [-0.4, -0.2) is 40.2 Å². The molecule has 1 aliphatic carbocycles. The number of hydroxylamine groups is 1. The number of nitrogens with zero attached hydrogens (tertiary/aromatic N) is 4. The molecule has 7 heteroatoms. The number of amides is 1. The summed E-state index contributed by atoms with van der Waals surface area (Å²) in [5.41, 5.74) is 3.50. The summed E-state index contributed by atoms with van der Waals surface area (Å²) in [5, 5.41) is 4.18. The van der Waals surface area contributed by atoms with Crippen molar-refractivity contribution in [3.63, 3.8) is 0 Å². The van der Waals surface area contributed by atoms with Crippen LogP contribution in [0.2, 0.25) is 0 Å². The van der Waals surface area contributed by atoms with Crippen molar-refractivity contribution in [2.24, 2.45) is 5.92 Å². The lowest BCUT2D eigenvalue weighted by molar-refractivity contribution is 0.0271. The number of carbonyl (C=O) groups excluding carboxylic acids is 1. The second-order valence-electron chi connectivity index (χ2n) is 5.99. The van der Waals surface area contributed by atoms with Gasteiger partial charge in [0.25, 0.3) is 5.91 Å². The molecule has 1 aliphatic heterocycles. The minimum atomic E-state index is -0.290. The number of carbonyl (C=O) groups is 1. The van der Waals surface area contributed by atoms with Crippen molar-refractivity contribution in [2.75, 3.05) is 24.6 Å². The number of fused-ring (bicyclic) bond motifs is 1. The highest BCUT2D eigenvalue weighted by molar-refractivity contribution is 5.99. The van der Waals surface area contributed by atoms with Crippen LogP contribution >= 0.6 is 0 Å². The number of rotatable bonds is 5. The molecule has 7 nitrogen and oxygen atoms in total. The molecule has 22 heavy (non-hydrogen) atoms. The van der Waals surface area contributed by atoms with E-state index in [0.717, 1.165) is 18.9 Å². The van der Waals surface area contributed by atoms with Gasteiger partial charge in [0.2, 0.25) is 0 Å². The first kappa shape index (κ1) is 13.5. The second kappa shape index (κ2) is 5.57. The van der Waals surface area contributed by atoms with Gasteiger partial charge >= 0.3 is 0 Å². The van der Waals surface area contributed by atoms with Crippen LogP contribution in [0, 0.1) is 5.92 Å². The maximum Gasteiger partial charge on any atom is 0.280 e. The Morgan fingerprint density at radius 2 is 2.18 bits per heavy atom. The van der Waals surface area contributed by atoms with E-state index in [0.29, 0.717) is 23.7 Å². The highest BCUT2D eigenvalue weighted by Crippen LogP contribution is 2.28. The van der Waals surface area contributed by atoms with E-state index in [9.17, 15) is 4.79 Å². The smallest absolute Gasteiger partial charge is 0.280 e. The maximum absolute atomic E-state index is 12.2. The van der Waals surface area contributed by atoms with Gasteiger partial charge in [-0.15, -0.1) is 0 Å². The first-order chi connectivity index (χ1) is 10.8. The van der Waals surface area contributed by atoms with Crippen molar-refractivity contribution in [3.05, 3.63) is 24.0 Å². The van der Waals surface area contributed by atoms with Gasteiger partial charge in [-0.25, -0.2) is 15.0 Å². The molecule has 0 aromatic carbocycles. The van der Waals surface area contributed by atoms with Crippen molar-refractivity contribution in [1.29, 1.82) is 0 Å². The first-order valence-electron chi connectivity index (χ1n) is 7.83. The Morgan fingerprint density at radius 3 is 2.95 bits per heavy atom. The van der Waals surface area contributed by atoms with Crippen molar-refractivity contribution in [1.82, 2.24) is 20.1 Å². The lowest BCUT2D eigenvalue weighted by Gasteiger charge is -2.16. The molecule has 1 amide bonds. The highest BCUT2D eigenvalue weighted by Gasteiger charge is 2.23. The third kappa shape index (κ3) is 2.64. The topological polar surface area (TPSA) is 71.8 Å². The standard InChI is InChI=1S/C15H19N5O2/c21-15(18-22-10-11-3-4-11)12-9-16-20-8-5-13(17-14(12)20)19-6-1-2-7-19/h5,8-9,11H,1-4,6-7,10H2,(H,18,21). The summed E-state index contributed by atoms with van der Waals surface area (Å²) in [6.45, 7) is 2.62. The molecule has 0 unspecified atom stereocenters. The van der Waals surface area contributed by atoms with E-state index < -0.39 is 0 Å². The van der Waals surface area contributed by atoms with Crippen LogP contribution in [0.25, 0.3) is 5.65 Å². The molecule has 2 aromatic heterocycles. The zero-order chi connectivity index (χ0) is 14.9. The molecule has 116 valence electrons. The summed E-state index contributed by atoms with van der Waals surface area (Å²) in [7, 11) is 0. The fourth-order valence-electron chi connectivity index (χ4n) is 2.71. The molecule has 1 saturated carbocycles. The zero-order valence-corrected chi connectivity index (χ0v) is 12.4. The molecule has 3 heterocycles. The fourth-order valence-corrected chi connectivity index (χ4v) is 2.71. The number of nitrogens with one attached hydrogen (secondary N) is 1. The quantitative estimate of drug-likeness (QED) is 0.845. The van der Waals surface area contributed by atoms with Crippen LogP contribution in [0.4, 0.5) is 5.82 Å². The molecule has 1 N–H and O–H groups in total. The van der Waals surface area contributed by atoms with E-state index in [2.05, 4.69) is 20.5 Å². The first-order valence-corrected chi connectivity index (χ1v) is 7.83. The SMILES string of the molecule is O=C(NOCC1CC1)c1cnn2ccc(N3CCCC3)nc12. The lowest BCUT2D eigenvalue weighted by Crippen LogP contribution is -2.25. The van der Waals surface area contributed by atoms with Crippen LogP contribution in [0.3, 0.4) is 0 Å². The minimum absolute atomic E-state index is 0.290. The Morgan fingerprint density at radius 1 is 1.36 bits per heavy atom. The third-order valence-corrected chi connectivity index (χ3v) is 4.21. The monoisotopic (exact) mass is 301 g/mol. The highest BCUT2D eigenvalue weighted by atomic mass is 16.7. The van der Waals surface area contributed by atoms with Gasteiger partial charge in [-0.1, -0.05) is 0 Å². The van der Waals surface area contributed by atoms with Gasteiger partial charge in [-0.05, 0) is 37.7 Å². The van der Waals surface area contributed by atoms with Gasteiger partial charge in [0.05, 0.1) is 12.8 Å². The Balaban J connectivity index is 1.53. The Hall–Kier alpha value is -2.15. The molecule has 4 rings (SSSR count). The van der Waals surface area contributed by atoms with Crippen molar-refractivity contribution < 1.29 is 9.63 Å². The van der Waals surface area contributed by atoms with Gasteiger partial charge in [0.1, 0.15) is 11.4 Å². The van der Waals surface area contributed by atoms with Crippen LogP contribution in [0.5, 0.6) is 0 Å². The molecular formula is C15H19N5O2. The number of anilines is 1. The number of aromatic nitrogens is 3. The second-order valence-corrected chi connectivity index (χ2v) is 5.99. The molecule has 2 fully saturated rings. The zero-order valence-electron chi connectivity index (χ0n) is 12.4. The average molecular weight is 301 g/mol.